The maximum absolute atomic E-state index is 6.86. The molecule has 0 amide bonds. The van der Waals surface area contributed by atoms with Gasteiger partial charge in [0.15, 0.2) is 0 Å². The molecule has 46 valence electrons. The quantitative estimate of drug-likeness (QED) is 0.302. The maximum Gasteiger partial charge on any atom is 0.0716 e. The molecule has 1 heterocycles. The predicted octanol–water partition coefficient (Wildman–Crippen LogP) is 0.142. The summed E-state index contributed by atoms with van der Waals surface area (Å²) in [6.07, 6.45) is 2.93. The minimum atomic E-state index is 1.47. The molecule has 1 rings (SSSR count). The lowest BCUT2D eigenvalue weighted by molar-refractivity contribution is 0.761. The monoisotopic (exact) mass is 125 g/mol. The Labute approximate surface area is 50.1 Å². The molecular formula is C2H3N7. The van der Waals surface area contributed by atoms with Crippen LogP contribution in [0.2, 0.25) is 0 Å². The lowest BCUT2D eigenvalue weighted by atomic mass is 11.0. The van der Waals surface area contributed by atoms with Gasteiger partial charge < -0.3 is 0 Å². The number of aromatic nitrogens is 4. The number of nitrogens with one attached hydrogen (secondary N) is 1. The zero-order chi connectivity index (χ0) is 6.95. The molecule has 1 aromatic heterocycles. The lowest BCUT2D eigenvalue weighted by Gasteiger charge is -1.67. The average Bonchev–Trinajstić information content (AvgIpc) is 1.93. The van der Waals surface area contributed by atoms with E-state index in [4.69, 9.17) is 11.1 Å². The summed E-state index contributed by atoms with van der Waals surface area (Å²) < 4.78 is 0. The van der Waals surface area contributed by atoms with Crippen molar-refractivity contribution in [3.05, 3.63) is 22.8 Å². The first-order chi connectivity index (χ1) is 4.41. The highest BCUT2D eigenvalue weighted by molar-refractivity contribution is 4.52. The van der Waals surface area contributed by atoms with Crippen LogP contribution in [-0.4, -0.2) is 20.6 Å². The molecule has 1 aromatic rings. The van der Waals surface area contributed by atoms with Crippen LogP contribution in [0.25, 0.3) is 10.4 Å². The third-order valence-corrected chi connectivity index (χ3v) is 0.343. The largest absolute Gasteiger partial charge is 0.136 e. The van der Waals surface area contributed by atoms with E-state index in [2.05, 4.69) is 20.6 Å². The molecule has 0 radical (unpaired) electrons. The molecule has 1 N–H and O–H groups in total. The minimum Gasteiger partial charge on any atom is -0.136 e. The van der Waals surface area contributed by atoms with Crippen molar-refractivity contribution in [2.75, 3.05) is 0 Å². The standard InChI is InChI=1S/C2H2N4.HN3/c1-2-4-6-5-3-1;1-3-2/h1-2H;1H. The molecule has 9 heavy (non-hydrogen) atoms. The third kappa shape index (κ3) is 6.25. The van der Waals surface area contributed by atoms with Crippen molar-refractivity contribution in [1.82, 2.24) is 20.6 Å². The second kappa shape index (κ2) is 6.25. The summed E-state index contributed by atoms with van der Waals surface area (Å²) in [7, 11) is 0. The van der Waals surface area contributed by atoms with Gasteiger partial charge in [0.2, 0.25) is 0 Å². The van der Waals surface area contributed by atoms with E-state index in [1.807, 2.05) is 0 Å². The summed E-state index contributed by atoms with van der Waals surface area (Å²) in [5.74, 6) is 0. The van der Waals surface area contributed by atoms with E-state index < -0.39 is 0 Å². The van der Waals surface area contributed by atoms with Crippen LogP contribution in [0.5, 0.6) is 0 Å². The molecular weight excluding hydrogens is 122 g/mol. The lowest BCUT2D eigenvalue weighted by Crippen LogP contribution is -1.84. The van der Waals surface area contributed by atoms with Gasteiger partial charge in [-0.2, -0.15) is 0 Å². The fraction of sp³-hybridized carbons (Fsp3) is 0. The number of nitrogens with zero attached hydrogens (tertiary/aromatic N) is 6. The van der Waals surface area contributed by atoms with Crippen molar-refractivity contribution in [3.63, 3.8) is 0 Å². The number of hydrogen-bond donors (Lipinski definition) is 1. The molecule has 0 aromatic carbocycles. The third-order valence-electron chi connectivity index (χ3n) is 0.343. The first-order valence-electron chi connectivity index (χ1n) is 1.87. The molecule has 7 heteroatoms. The van der Waals surface area contributed by atoms with Gasteiger partial charge >= 0.3 is 0 Å². The van der Waals surface area contributed by atoms with E-state index in [1.165, 1.54) is 12.4 Å². The van der Waals surface area contributed by atoms with Crippen LogP contribution in [0, 0.1) is 5.53 Å². The van der Waals surface area contributed by atoms with Gasteiger partial charge in [-0.3, -0.25) is 0 Å². The Balaban J connectivity index is 0.000000187. The summed E-state index contributed by atoms with van der Waals surface area (Å²) >= 11 is 0. The fourth-order valence-electron chi connectivity index (χ4n) is 0.165. The Bertz CT molecular complexity index is 137. The van der Waals surface area contributed by atoms with Crippen LogP contribution >= 0.6 is 0 Å². The topological polar surface area (TPSA) is 112 Å². The van der Waals surface area contributed by atoms with Crippen LogP contribution in [0.15, 0.2) is 12.4 Å². The van der Waals surface area contributed by atoms with Gasteiger partial charge in [0.1, 0.15) is 0 Å². The Morgan fingerprint density at radius 3 is 1.67 bits per heavy atom. The molecule has 0 saturated heterocycles. The normalized spacial score (nSPS) is 6.22. The Morgan fingerprint density at radius 1 is 1.22 bits per heavy atom. The molecule has 0 atom stereocenters. The van der Waals surface area contributed by atoms with Crippen molar-refractivity contribution in [2.24, 2.45) is 0 Å². The van der Waals surface area contributed by atoms with Gasteiger partial charge in [-0.1, -0.05) is 0 Å². The van der Waals surface area contributed by atoms with Gasteiger partial charge in [0.25, 0.3) is 0 Å². The molecule has 0 unspecified atom stereocenters. The van der Waals surface area contributed by atoms with Crippen LogP contribution in [0.3, 0.4) is 0 Å². The minimum absolute atomic E-state index is 1.47. The van der Waals surface area contributed by atoms with Crippen molar-refractivity contribution in [2.45, 2.75) is 0 Å². The molecule has 7 nitrogen and oxygen atoms in total. The van der Waals surface area contributed by atoms with Crippen molar-refractivity contribution in [3.8, 4) is 0 Å². The average molecular weight is 125 g/mol. The summed E-state index contributed by atoms with van der Waals surface area (Å²) in [6.45, 7) is 0. The Hall–Kier alpha value is -1.75. The van der Waals surface area contributed by atoms with Gasteiger partial charge in [0, 0.05) is 0 Å². The van der Waals surface area contributed by atoms with Crippen LogP contribution < -0.4 is 0 Å². The van der Waals surface area contributed by atoms with Crippen LogP contribution in [0.1, 0.15) is 0 Å². The van der Waals surface area contributed by atoms with Gasteiger partial charge in [-0.25, -0.2) is 0 Å². The van der Waals surface area contributed by atoms with E-state index >= 15 is 0 Å². The summed E-state index contributed by atoms with van der Waals surface area (Å²) in [4.78, 5) is 1.75. The first kappa shape index (κ1) is 7.25. The Kier molecular flexibility index (Phi) is 5.03. The van der Waals surface area contributed by atoms with Gasteiger partial charge in [-0.05, 0) is 20.9 Å². The van der Waals surface area contributed by atoms with E-state index in [1.54, 1.807) is 4.91 Å². The fourth-order valence-corrected chi connectivity index (χ4v) is 0.165. The van der Waals surface area contributed by atoms with Crippen molar-refractivity contribution < 1.29 is 0 Å². The summed E-state index contributed by atoms with van der Waals surface area (Å²) in [6, 6.07) is 0. The second-order valence-electron chi connectivity index (χ2n) is 0.808. The summed E-state index contributed by atoms with van der Waals surface area (Å²) in [5.41, 5.74) is 12.2. The van der Waals surface area contributed by atoms with Crippen LogP contribution in [0.4, 0.5) is 0 Å². The SMILES string of the molecule is [N-]=[N+]=N.c1cnnnn1. The molecule has 0 bridgehead atoms. The summed E-state index contributed by atoms with van der Waals surface area (Å²) in [5, 5.41) is 13.1. The van der Waals surface area contributed by atoms with E-state index in [0.717, 1.165) is 0 Å². The second-order valence-corrected chi connectivity index (χ2v) is 0.808. The van der Waals surface area contributed by atoms with Crippen molar-refractivity contribution in [1.29, 1.82) is 5.53 Å². The highest BCUT2D eigenvalue weighted by Crippen LogP contribution is 1.53. The predicted molar refractivity (Wildman–Crippen MR) is 27.1 cm³/mol. The van der Waals surface area contributed by atoms with E-state index in [0.29, 0.717) is 0 Å². The molecule has 0 aliphatic heterocycles. The van der Waals surface area contributed by atoms with Gasteiger partial charge in [0.05, 0.1) is 12.4 Å². The highest BCUT2D eigenvalue weighted by Gasteiger charge is 1.61. The molecule has 0 spiro atoms. The molecule has 0 saturated carbocycles. The smallest absolute Gasteiger partial charge is 0.0716 e. The number of hydrogen-bond acceptors (Lipinski definition) is 5. The van der Waals surface area contributed by atoms with Crippen molar-refractivity contribution >= 4 is 0 Å². The zero-order valence-corrected chi connectivity index (χ0v) is 4.34. The van der Waals surface area contributed by atoms with Crippen LogP contribution in [-0.2, 0) is 0 Å². The number of rotatable bonds is 0. The molecule has 0 fully saturated rings. The Morgan fingerprint density at radius 2 is 1.56 bits per heavy atom. The molecule has 0 aliphatic rings. The van der Waals surface area contributed by atoms with E-state index in [9.17, 15) is 0 Å². The highest BCUT2D eigenvalue weighted by atomic mass is 15.4. The van der Waals surface area contributed by atoms with E-state index in [-0.39, 0.29) is 0 Å². The molecule has 0 aliphatic carbocycles. The van der Waals surface area contributed by atoms with Gasteiger partial charge in [-0.15, -0.1) is 15.7 Å². The first-order valence-corrected chi connectivity index (χ1v) is 1.87. The zero-order valence-electron chi connectivity index (χ0n) is 4.34. The maximum atomic E-state index is 6.86.